The van der Waals surface area contributed by atoms with E-state index in [4.69, 9.17) is 4.74 Å². The summed E-state index contributed by atoms with van der Waals surface area (Å²) in [5.74, 6) is 0.797. The molecule has 2 aromatic rings. The lowest BCUT2D eigenvalue weighted by atomic mass is 9.86. The largest absolute Gasteiger partial charge is 0.473 e. The lowest BCUT2D eigenvalue weighted by Crippen LogP contribution is -2.32. The van der Waals surface area contributed by atoms with E-state index < -0.39 is 11.7 Å². The average Bonchev–Trinajstić information content (AvgIpc) is 2.52. The van der Waals surface area contributed by atoms with Gasteiger partial charge >= 0.3 is 6.18 Å². The van der Waals surface area contributed by atoms with Gasteiger partial charge in [-0.25, -0.2) is 0 Å². The third-order valence-corrected chi connectivity index (χ3v) is 4.20. The van der Waals surface area contributed by atoms with E-state index in [2.05, 4.69) is 26.8 Å². The fourth-order valence-corrected chi connectivity index (χ4v) is 2.75. The van der Waals surface area contributed by atoms with E-state index in [0.717, 1.165) is 17.4 Å². The molecule has 2 nitrogen and oxygen atoms in total. The number of halogens is 3. The number of fused-ring (bicyclic) bond motifs is 1. The minimum atomic E-state index is -4.34. The van der Waals surface area contributed by atoms with Gasteiger partial charge in [0.05, 0.1) is 5.56 Å². The zero-order valence-corrected chi connectivity index (χ0v) is 13.9. The van der Waals surface area contributed by atoms with E-state index in [-0.39, 0.29) is 12.1 Å². The molecule has 24 heavy (non-hydrogen) atoms. The van der Waals surface area contributed by atoms with Gasteiger partial charge in [-0.1, -0.05) is 32.9 Å². The monoisotopic (exact) mass is 335 g/mol. The summed E-state index contributed by atoms with van der Waals surface area (Å²) in [4.78, 5) is 1.81. The molecular formula is C19H20F3NO. The van der Waals surface area contributed by atoms with Crippen LogP contribution in [0.25, 0.3) is 0 Å². The summed E-state index contributed by atoms with van der Waals surface area (Å²) < 4.78 is 44.5. The highest BCUT2D eigenvalue weighted by atomic mass is 19.4. The van der Waals surface area contributed by atoms with Gasteiger partial charge in [0, 0.05) is 17.8 Å². The van der Waals surface area contributed by atoms with Crippen molar-refractivity contribution in [2.75, 3.05) is 11.6 Å². The Balaban J connectivity index is 1.90. The molecule has 1 aliphatic rings. The van der Waals surface area contributed by atoms with Gasteiger partial charge in [-0.2, -0.15) is 13.2 Å². The Labute approximate surface area is 139 Å². The van der Waals surface area contributed by atoms with Crippen LogP contribution in [-0.2, 0) is 18.1 Å². The first kappa shape index (κ1) is 16.7. The van der Waals surface area contributed by atoms with Crippen molar-refractivity contribution in [1.29, 1.82) is 0 Å². The summed E-state index contributed by atoms with van der Waals surface area (Å²) in [6.45, 7) is 7.15. The predicted molar refractivity (Wildman–Crippen MR) is 88.3 cm³/mol. The minimum Gasteiger partial charge on any atom is -0.473 e. The van der Waals surface area contributed by atoms with Crippen molar-refractivity contribution in [3.05, 3.63) is 59.2 Å². The molecule has 0 aromatic heterocycles. The molecule has 0 saturated heterocycles. The van der Waals surface area contributed by atoms with Crippen LogP contribution in [0.5, 0.6) is 5.75 Å². The van der Waals surface area contributed by atoms with Gasteiger partial charge in [-0.05, 0) is 41.3 Å². The molecule has 128 valence electrons. The first-order chi connectivity index (χ1) is 11.1. The third kappa shape index (κ3) is 3.35. The Morgan fingerprint density at radius 2 is 1.71 bits per heavy atom. The van der Waals surface area contributed by atoms with Gasteiger partial charge < -0.3 is 9.64 Å². The minimum absolute atomic E-state index is 0.00745. The molecule has 0 atom stereocenters. The molecule has 0 saturated carbocycles. The van der Waals surface area contributed by atoms with E-state index >= 15 is 0 Å². The average molecular weight is 335 g/mol. The fourth-order valence-electron chi connectivity index (χ4n) is 2.75. The second-order valence-corrected chi connectivity index (χ2v) is 7.09. The van der Waals surface area contributed by atoms with Crippen molar-refractivity contribution >= 4 is 5.69 Å². The summed E-state index contributed by atoms with van der Waals surface area (Å²) in [5.41, 5.74) is 2.04. The smallest absolute Gasteiger partial charge is 0.416 e. The normalized spacial score (nSPS) is 15.0. The second kappa shape index (κ2) is 5.72. The standard InChI is InChI=1S/C19H20F3NO/c1-18(2,3)14-7-8-17-13(9-14)11-23(12-24-17)16-6-4-5-15(10-16)19(20,21)22/h4-10H,11-12H2,1-3H3. The number of hydrogen-bond acceptors (Lipinski definition) is 2. The number of hydrogen-bond donors (Lipinski definition) is 0. The molecular weight excluding hydrogens is 315 g/mol. The number of nitrogens with zero attached hydrogens (tertiary/aromatic N) is 1. The summed E-state index contributed by atoms with van der Waals surface area (Å²) in [5, 5.41) is 0. The first-order valence-corrected chi connectivity index (χ1v) is 7.83. The van der Waals surface area contributed by atoms with Crippen molar-refractivity contribution in [3.63, 3.8) is 0 Å². The molecule has 0 aliphatic carbocycles. The summed E-state index contributed by atoms with van der Waals surface area (Å²) in [6.07, 6.45) is -4.34. The van der Waals surface area contributed by atoms with E-state index in [0.29, 0.717) is 12.2 Å². The molecule has 0 bridgehead atoms. The first-order valence-electron chi connectivity index (χ1n) is 7.83. The number of anilines is 1. The van der Waals surface area contributed by atoms with Crippen LogP contribution in [0.4, 0.5) is 18.9 Å². The lowest BCUT2D eigenvalue weighted by molar-refractivity contribution is -0.137. The Bertz CT molecular complexity index is 747. The van der Waals surface area contributed by atoms with E-state index in [1.165, 1.54) is 17.7 Å². The van der Waals surface area contributed by atoms with Crippen LogP contribution in [0.1, 0.15) is 37.5 Å². The Kier molecular flexibility index (Phi) is 3.98. The highest BCUT2D eigenvalue weighted by Gasteiger charge is 2.31. The summed E-state index contributed by atoms with van der Waals surface area (Å²) in [6, 6.07) is 11.4. The van der Waals surface area contributed by atoms with E-state index in [1.54, 1.807) is 6.07 Å². The number of ether oxygens (including phenoxy) is 1. The van der Waals surface area contributed by atoms with Crippen molar-refractivity contribution in [3.8, 4) is 5.75 Å². The van der Waals surface area contributed by atoms with Crippen molar-refractivity contribution in [2.45, 2.75) is 38.9 Å². The van der Waals surface area contributed by atoms with Crippen molar-refractivity contribution in [2.24, 2.45) is 0 Å². The van der Waals surface area contributed by atoms with Gasteiger partial charge in [0.1, 0.15) is 5.75 Å². The van der Waals surface area contributed by atoms with E-state index in [1.807, 2.05) is 17.0 Å². The Morgan fingerprint density at radius 1 is 0.958 bits per heavy atom. The van der Waals surface area contributed by atoms with Crippen LogP contribution >= 0.6 is 0 Å². The highest BCUT2D eigenvalue weighted by Crippen LogP contribution is 2.35. The Morgan fingerprint density at radius 3 is 2.38 bits per heavy atom. The lowest BCUT2D eigenvalue weighted by Gasteiger charge is -2.32. The number of rotatable bonds is 1. The Hall–Kier alpha value is -2.17. The van der Waals surface area contributed by atoms with Crippen molar-refractivity contribution in [1.82, 2.24) is 0 Å². The second-order valence-electron chi connectivity index (χ2n) is 7.09. The van der Waals surface area contributed by atoms with Crippen LogP contribution in [-0.4, -0.2) is 6.73 Å². The molecule has 1 aliphatic heterocycles. The number of alkyl halides is 3. The molecule has 0 unspecified atom stereocenters. The number of benzene rings is 2. The van der Waals surface area contributed by atoms with Gasteiger partial charge in [-0.15, -0.1) is 0 Å². The topological polar surface area (TPSA) is 12.5 Å². The summed E-state index contributed by atoms with van der Waals surface area (Å²) in [7, 11) is 0. The maximum absolute atomic E-state index is 12.9. The van der Waals surface area contributed by atoms with Crippen LogP contribution in [0, 0.1) is 0 Å². The molecule has 1 heterocycles. The van der Waals surface area contributed by atoms with Crippen LogP contribution in [0.2, 0.25) is 0 Å². The molecule has 5 heteroatoms. The zero-order chi connectivity index (χ0) is 17.5. The molecule has 3 rings (SSSR count). The van der Waals surface area contributed by atoms with Crippen LogP contribution in [0.3, 0.4) is 0 Å². The zero-order valence-electron chi connectivity index (χ0n) is 13.9. The maximum atomic E-state index is 12.9. The van der Waals surface area contributed by atoms with Gasteiger partial charge in [-0.3, -0.25) is 0 Å². The van der Waals surface area contributed by atoms with Crippen molar-refractivity contribution < 1.29 is 17.9 Å². The third-order valence-electron chi connectivity index (χ3n) is 4.20. The van der Waals surface area contributed by atoms with Gasteiger partial charge in [0.25, 0.3) is 0 Å². The van der Waals surface area contributed by atoms with Gasteiger partial charge in [0.15, 0.2) is 6.73 Å². The highest BCUT2D eigenvalue weighted by molar-refractivity contribution is 5.52. The predicted octanol–water partition coefficient (Wildman–Crippen LogP) is 5.36. The maximum Gasteiger partial charge on any atom is 0.416 e. The molecule has 0 spiro atoms. The molecule has 0 N–H and O–H groups in total. The van der Waals surface area contributed by atoms with Gasteiger partial charge in [0.2, 0.25) is 0 Å². The molecule has 2 aromatic carbocycles. The van der Waals surface area contributed by atoms with Crippen LogP contribution < -0.4 is 9.64 Å². The summed E-state index contributed by atoms with van der Waals surface area (Å²) >= 11 is 0. The molecule has 0 radical (unpaired) electrons. The molecule has 0 amide bonds. The van der Waals surface area contributed by atoms with Crippen LogP contribution in [0.15, 0.2) is 42.5 Å². The quantitative estimate of drug-likeness (QED) is 0.696. The fraction of sp³-hybridized carbons (Fsp3) is 0.368. The van der Waals surface area contributed by atoms with E-state index in [9.17, 15) is 13.2 Å². The molecule has 0 fully saturated rings. The SMILES string of the molecule is CC(C)(C)c1ccc2c(c1)CN(c1cccc(C(F)(F)F)c1)CO2.